The number of nitrogens with one attached hydrogen (secondary N) is 1. The van der Waals surface area contributed by atoms with E-state index in [1.165, 1.54) is 24.6 Å². The Balaban J connectivity index is 1.64. The van der Waals surface area contributed by atoms with Gasteiger partial charge in [-0.05, 0) is 34.8 Å². The lowest BCUT2D eigenvalue weighted by atomic mass is 9.94. The third-order valence-corrected chi connectivity index (χ3v) is 5.62. The van der Waals surface area contributed by atoms with Gasteiger partial charge in [0.1, 0.15) is 0 Å². The number of benzene rings is 1. The summed E-state index contributed by atoms with van der Waals surface area (Å²) in [5, 5.41) is 13.5. The van der Waals surface area contributed by atoms with Crippen molar-refractivity contribution in [3.8, 4) is 0 Å². The molecule has 1 saturated heterocycles. The van der Waals surface area contributed by atoms with Gasteiger partial charge in [0.15, 0.2) is 0 Å². The van der Waals surface area contributed by atoms with Crippen molar-refractivity contribution in [3.05, 3.63) is 32.8 Å². The number of nitro benzene ring substituents is 1. The first-order valence-corrected chi connectivity index (χ1v) is 9.29. The lowest BCUT2D eigenvalue weighted by Gasteiger charge is -2.31. The molecule has 2 amide bonds. The van der Waals surface area contributed by atoms with Crippen LogP contribution in [0.3, 0.4) is 0 Å². The van der Waals surface area contributed by atoms with Crippen LogP contribution in [0.2, 0.25) is 0 Å². The quantitative estimate of drug-likeness (QED) is 0.608. The number of likely N-dealkylation sites (tertiary alicyclic amines) is 1. The van der Waals surface area contributed by atoms with Crippen molar-refractivity contribution in [2.45, 2.75) is 44.6 Å². The van der Waals surface area contributed by atoms with Gasteiger partial charge in [-0.1, -0.05) is 19.3 Å². The van der Waals surface area contributed by atoms with Gasteiger partial charge in [-0.15, -0.1) is 0 Å². The van der Waals surface area contributed by atoms with E-state index < -0.39 is 4.92 Å². The molecule has 1 saturated carbocycles. The molecule has 134 valence electrons. The van der Waals surface area contributed by atoms with Crippen molar-refractivity contribution in [3.63, 3.8) is 0 Å². The molecule has 1 heterocycles. The Bertz CT molecular complexity index is 703. The molecule has 1 unspecified atom stereocenters. The molecule has 2 fully saturated rings. The Kier molecular flexibility index (Phi) is 5.36. The molecule has 8 heteroatoms. The van der Waals surface area contributed by atoms with Crippen LogP contribution in [-0.4, -0.2) is 34.2 Å². The topological polar surface area (TPSA) is 92.5 Å². The van der Waals surface area contributed by atoms with Crippen LogP contribution in [0, 0.1) is 16.0 Å². The van der Waals surface area contributed by atoms with Crippen LogP contribution in [0.25, 0.3) is 0 Å². The van der Waals surface area contributed by atoms with Gasteiger partial charge in [0.25, 0.3) is 5.69 Å². The van der Waals surface area contributed by atoms with E-state index in [9.17, 15) is 19.7 Å². The Morgan fingerprint density at radius 2 is 2.00 bits per heavy atom. The normalized spacial score (nSPS) is 21.4. The molecule has 1 aromatic carbocycles. The number of non-ortho nitro benzene ring substituents is 1. The molecule has 1 atom stereocenters. The number of carbonyl (C=O) groups is 2. The highest BCUT2D eigenvalue weighted by Gasteiger charge is 2.38. The van der Waals surface area contributed by atoms with Gasteiger partial charge >= 0.3 is 0 Å². The summed E-state index contributed by atoms with van der Waals surface area (Å²) in [7, 11) is 0. The summed E-state index contributed by atoms with van der Waals surface area (Å²) >= 11 is 3.24. The molecule has 7 nitrogen and oxygen atoms in total. The maximum absolute atomic E-state index is 12.5. The first-order valence-electron chi connectivity index (χ1n) is 8.50. The van der Waals surface area contributed by atoms with Crippen molar-refractivity contribution in [2.24, 2.45) is 5.92 Å². The molecular formula is C17H20BrN3O4. The molecule has 0 bridgehead atoms. The number of hydrogen-bond donors (Lipinski definition) is 1. The second-order valence-corrected chi connectivity index (χ2v) is 7.50. The van der Waals surface area contributed by atoms with Gasteiger partial charge in [0, 0.05) is 35.6 Å². The summed E-state index contributed by atoms with van der Waals surface area (Å²) < 4.78 is 0.448. The fourth-order valence-electron chi connectivity index (χ4n) is 3.61. The van der Waals surface area contributed by atoms with Crippen molar-refractivity contribution in [1.82, 2.24) is 4.90 Å². The van der Waals surface area contributed by atoms with Gasteiger partial charge < -0.3 is 10.2 Å². The third-order valence-electron chi connectivity index (χ3n) is 4.97. The maximum Gasteiger partial charge on any atom is 0.270 e. The van der Waals surface area contributed by atoms with E-state index >= 15 is 0 Å². The SMILES string of the molecule is O=C(Nc1ccc([N+](=O)[O-])cc1Br)C1CC(=O)N(C2CCCCC2)C1. The summed E-state index contributed by atoms with van der Waals surface area (Å²) in [6, 6.07) is 4.46. The van der Waals surface area contributed by atoms with E-state index in [2.05, 4.69) is 21.2 Å². The highest BCUT2D eigenvalue weighted by Crippen LogP contribution is 2.31. The van der Waals surface area contributed by atoms with Crippen LogP contribution in [0.1, 0.15) is 38.5 Å². The van der Waals surface area contributed by atoms with E-state index in [1.54, 1.807) is 0 Å². The predicted octanol–water partition coefficient (Wildman–Crippen LogP) is 3.48. The van der Waals surface area contributed by atoms with E-state index in [-0.39, 0.29) is 35.9 Å². The first kappa shape index (κ1) is 17.8. The Labute approximate surface area is 154 Å². The largest absolute Gasteiger partial charge is 0.339 e. The lowest BCUT2D eigenvalue weighted by molar-refractivity contribution is -0.384. The molecule has 2 aliphatic rings. The number of nitrogens with zero attached hydrogens (tertiary/aromatic N) is 2. The number of anilines is 1. The summed E-state index contributed by atoms with van der Waals surface area (Å²) in [5.41, 5.74) is 0.420. The van der Waals surface area contributed by atoms with Gasteiger partial charge in [-0.2, -0.15) is 0 Å². The van der Waals surface area contributed by atoms with Crippen LogP contribution < -0.4 is 5.32 Å². The zero-order valence-electron chi connectivity index (χ0n) is 13.7. The van der Waals surface area contributed by atoms with Crippen LogP contribution in [-0.2, 0) is 9.59 Å². The molecule has 25 heavy (non-hydrogen) atoms. The molecule has 0 spiro atoms. The Morgan fingerprint density at radius 1 is 1.28 bits per heavy atom. The zero-order valence-corrected chi connectivity index (χ0v) is 15.3. The van der Waals surface area contributed by atoms with E-state index in [0.717, 1.165) is 25.7 Å². The van der Waals surface area contributed by atoms with Crippen molar-refractivity contribution < 1.29 is 14.5 Å². The monoisotopic (exact) mass is 409 g/mol. The minimum absolute atomic E-state index is 0.0508. The average molecular weight is 410 g/mol. The van der Waals surface area contributed by atoms with Gasteiger partial charge in [-0.3, -0.25) is 19.7 Å². The molecule has 1 aliphatic carbocycles. The number of halogens is 1. The summed E-state index contributed by atoms with van der Waals surface area (Å²) in [4.78, 5) is 37.0. The maximum atomic E-state index is 12.5. The molecule has 0 radical (unpaired) electrons. The number of carbonyl (C=O) groups excluding carboxylic acids is 2. The van der Waals surface area contributed by atoms with Crippen LogP contribution >= 0.6 is 15.9 Å². The molecule has 1 N–H and O–H groups in total. The number of amides is 2. The number of rotatable bonds is 4. The second kappa shape index (κ2) is 7.51. The molecule has 3 rings (SSSR count). The Morgan fingerprint density at radius 3 is 2.64 bits per heavy atom. The fraction of sp³-hybridized carbons (Fsp3) is 0.529. The van der Waals surface area contributed by atoms with E-state index in [4.69, 9.17) is 0 Å². The smallest absolute Gasteiger partial charge is 0.270 e. The minimum atomic E-state index is -0.492. The van der Waals surface area contributed by atoms with E-state index in [1.807, 2.05) is 4.90 Å². The van der Waals surface area contributed by atoms with Crippen molar-refractivity contribution >= 4 is 39.1 Å². The summed E-state index contributed by atoms with van der Waals surface area (Å²) in [6.07, 6.45) is 5.77. The van der Waals surface area contributed by atoms with E-state index in [0.29, 0.717) is 16.7 Å². The highest BCUT2D eigenvalue weighted by atomic mass is 79.9. The van der Waals surface area contributed by atoms with Crippen molar-refractivity contribution in [2.75, 3.05) is 11.9 Å². The van der Waals surface area contributed by atoms with Crippen LogP contribution in [0.5, 0.6) is 0 Å². The third kappa shape index (κ3) is 4.00. The fourth-order valence-corrected chi connectivity index (χ4v) is 4.07. The Hall–Kier alpha value is -1.96. The molecule has 1 aromatic rings. The molecule has 0 aromatic heterocycles. The first-order chi connectivity index (χ1) is 12.0. The van der Waals surface area contributed by atoms with Crippen LogP contribution in [0.4, 0.5) is 11.4 Å². The standard InChI is InChI=1S/C17H20BrN3O4/c18-14-9-13(21(24)25)6-7-15(14)19-17(23)11-8-16(22)20(10-11)12-4-2-1-3-5-12/h6-7,9,11-12H,1-5,8,10H2,(H,19,23). The number of nitro groups is 1. The molecular weight excluding hydrogens is 390 g/mol. The number of hydrogen-bond acceptors (Lipinski definition) is 4. The zero-order chi connectivity index (χ0) is 18.0. The second-order valence-electron chi connectivity index (χ2n) is 6.65. The average Bonchev–Trinajstić information content (AvgIpc) is 2.99. The highest BCUT2D eigenvalue weighted by molar-refractivity contribution is 9.10. The van der Waals surface area contributed by atoms with Gasteiger partial charge in [0.2, 0.25) is 11.8 Å². The van der Waals surface area contributed by atoms with Crippen LogP contribution in [0.15, 0.2) is 22.7 Å². The summed E-state index contributed by atoms with van der Waals surface area (Å²) in [5.74, 6) is -0.549. The minimum Gasteiger partial charge on any atom is -0.339 e. The predicted molar refractivity (Wildman–Crippen MR) is 96.1 cm³/mol. The lowest BCUT2D eigenvalue weighted by Crippen LogP contribution is -2.38. The molecule has 1 aliphatic heterocycles. The van der Waals surface area contributed by atoms with Gasteiger partial charge in [0.05, 0.1) is 16.5 Å². The van der Waals surface area contributed by atoms with Crippen molar-refractivity contribution in [1.29, 1.82) is 0 Å². The summed E-state index contributed by atoms with van der Waals surface area (Å²) in [6.45, 7) is 0.458. The van der Waals surface area contributed by atoms with Gasteiger partial charge in [-0.25, -0.2) is 0 Å².